The van der Waals surface area contributed by atoms with E-state index in [0.29, 0.717) is 9.58 Å². The molecule has 0 aliphatic carbocycles. The number of thiophene rings is 1. The van der Waals surface area contributed by atoms with Crippen molar-refractivity contribution in [2.45, 2.75) is 6.04 Å². The summed E-state index contributed by atoms with van der Waals surface area (Å²) in [4.78, 5) is 32.6. The number of hydrogen-bond acceptors (Lipinski definition) is 8. The van der Waals surface area contributed by atoms with Crippen molar-refractivity contribution in [3.63, 3.8) is 0 Å². The number of benzene rings is 2. The summed E-state index contributed by atoms with van der Waals surface area (Å²) in [5, 5.41) is 13.4. The lowest BCUT2D eigenvalue weighted by Crippen LogP contribution is -2.28. The number of carbonyl (C=O) groups excluding carboxylic acids is 2. The largest absolute Gasteiger partial charge is 0.507 e. The van der Waals surface area contributed by atoms with Gasteiger partial charge in [-0.15, -0.1) is 11.3 Å². The second-order valence-electron chi connectivity index (χ2n) is 7.60. The molecule has 1 N–H and O–H groups in total. The topological polar surface area (TPSA) is 89.0 Å². The summed E-state index contributed by atoms with van der Waals surface area (Å²) in [6.07, 6.45) is 0. The number of thiazole rings is 1. The molecule has 0 saturated carbocycles. The number of rotatable bonds is 5. The van der Waals surface area contributed by atoms with Crippen LogP contribution in [0.3, 0.4) is 0 Å². The summed E-state index contributed by atoms with van der Waals surface area (Å²) in [7, 11) is 2.75. The number of aliphatic hydroxyl groups is 1. The summed E-state index contributed by atoms with van der Waals surface area (Å²) in [6.45, 7) is 0. The second kappa shape index (κ2) is 9.16. The molecule has 0 bridgehead atoms. The average molecular weight is 549 g/mol. The Bertz CT molecular complexity index is 1530. The van der Waals surface area contributed by atoms with E-state index in [0.717, 1.165) is 28.4 Å². The molecule has 12 heteroatoms. The molecular weight excluding hydrogens is 534 g/mol. The van der Waals surface area contributed by atoms with Crippen molar-refractivity contribution in [3.05, 3.63) is 74.4 Å². The van der Waals surface area contributed by atoms with Crippen LogP contribution in [0.2, 0.25) is 5.02 Å². The van der Waals surface area contributed by atoms with Crippen LogP contribution in [0, 0.1) is 11.6 Å². The van der Waals surface area contributed by atoms with Gasteiger partial charge in [-0.25, -0.2) is 13.8 Å². The van der Waals surface area contributed by atoms with Gasteiger partial charge in [-0.2, -0.15) is 0 Å². The standard InChI is InChI=1S/C24H15ClF2N2O5S2/c1-33-15-7-11(25)16(34-2)6-10(15)21(30)19-20(17-4-3-5-35-17)29(23(32)22(19)31)24-28-14-8-12(26)13(27)9-18(14)36-24/h3-9,20,30H,1-2H3/b21-19+. The van der Waals surface area contributed by atoms with Crippen LogP contribution in [0.1, 0.15) is 16.5 Å². The number of methoxy groups -OCH3 is 2. The third-order valence-electron chi connectivity index (χ3n) is 5.61. The van der Waals surface area contributed by atoms with Crippen molar-refractivity contribution in [3.8, 4) is 11.5 Å². The lowest BCUT2D eigenvalue weighted by Gasteiger charge is -2.21. The number of hydrogen-bond donors (Lipinski definition) is 1. The highest BCUT2D eigenvalue weighted by molar-refractivity contribution is 7.22. The first-order chi connectivity index (χ1) is 17.2. The molecule has 2 aromatic heterocycles. The Morgan fingerprint density at radius 2 is 1.83 bits per heavy atom. The van der Waals surface area contributed by atoms with Crippen molar-refractivity contribution >= 4 is 67.1 Å². The van der Waals surface area contributed by atoms with E-state index in [2.05, 4.69) is 4.98 Å². The molecule has 3 heterocycles. The lowest BCUT2D eigenvalue weighted by molar-refractivity contribution is -0.132. The first-order valence-corrected chi connectivity index (χ1v) is 12.3. The van der Waals surface area contributed by atoms with Gasteiger partial charge in [-0.05, 0) is 23.6 Å². The lowest BCUT2D eigenvalue weighted by atomic mass is 9.99. The van der Waals surface area contributed by atoms with E-state index in [1.54, 1.807) is 17.5 Å². The molecule has 184 valence electrons. The molecule has 1 amide bonds. The second-order valence-corrected chi connectivity index (χ2v) is 10.00. The number of ketones is 1. The van der Waals surface area contributed by atoms with E-state index < -0.39 is 35.1 Å². The molecule has 2 aromatic carbocycles. The molecule has 4 aromatic rings. The highest BCUT2D eigenvalue weighted by atomic mass is 35.5. The maximum Gasteiger partial charge on any atom is 0.301 e. The minimum Gasteiger partial charge on any atom is -0.507 e. The van der Waals surface area contributed by atoms with E-state index >= 15 is 0 Å². The first-order valence-electron chi connectivity index (χ1n) is 10.3. The van der Waals surface area contributed by atoms with E-state index in [9.17, 15) is 23.5 Å². The summed E-state index contributed by atoms with van der Waals surface area (Å²) < 4.78 is 38.4. The molecule has 5 rings (SSSR count). The van der Waals surface area contributed by atoms with Crippen molar-refractivity contribution < 1.29 is 33.0 Å². The number of amides is 1. The van der Waals surface area contributed by atoms with Gasteiger partial charge < -0.3 is 14.6 Å². The number of fused-ring (bicyclic) bond motifs is 1. The zero-order chi connectivity index (χ0) is 25.7. The van der Waals surface area contributed by atoms with Crippen LogP contribution in [0.15, 0.2) is 47.4 Å². The van der Waals surface area contributed by atoms with Crippen LogP contribution in [-0.4, -0.2) is 36.0 Å². The monoisotopic (exact) mass is 548 g/mol. The Morgan fingerprint density at radius 3 is 2.50 bits per heavy atom. The SMILES string of the molecule is COc1cc(/C(O)=C2\C(=O)C(=O)N(c3nc4cc(F)c(F)cc4s3)C2c2cccs2)c(OC)cc1Cl. The Kier molecular flexibility index (Phi) is 6.15. The molecule has 7 nitrogen and oxygen atoms in total. The predicted molar refractivity (Wildman–Crippen MR) is 133 cm³/mol. The number of Topliss-reactive ketones (excluding diaryl/α,β-unsaturated/α-hetero) is 1. The van der Waals surface area contributed by atoms with Crippen molar-refractivity contribution in [1.82, 2.24) is 4.98 Å². The average Bonchev–Trinajstić information content (AvgIpc) is 3.58. The highest BCUT2D eigenvalue weighted by Gasteiger charge is 2.49. The molecule has 1 atom stereocenters. The highest BCUT2D eigenvalue weighted by Crippen LogP contribution is 2.47. The van der Waals surface area contributed by atoms with Crippen LogP contribution >= 0.6 is 34.3 Å². The molecule has 1 fully saturated rings. The summed E-state index contributed by atoms with van der Waals surface area (Å²) in [5.41, 5.74) is 0.0123. The van der Waals surface area contributed by atoms with Crippen molar-refractivity contribution in [2.24, 2.45) is 0 Å². The summed E-state index contributed by atoms with van der Waals surface area (Å²) in [5.74, 6) is -4.18. The first kappa shape index (κ1) is 24.2. The fourth-order valence-electron chi connectivity index (χ4n) is 3.95. The Labute approximate surface area is 215 Å². The molecule has 36 heavy (non-hydrogen) atoms. The quantitative estimate of drug-likeness (QED) is 0.189. The minimum absolute atomic E-state index is 0.0511. The molecule has 1 saturated heterocycles. The van der Waals surface area contributed by atoms with Crippen molar-refractivity contribution in [2.75, 3.05) is 19.1 Å². The van der Waals surface area contributed by atoms with E-state index in [1.165, 1.54) is 37.7 Å². The zero-order valence-electron chi connectivity index (χ0n) is 18.5. The molecule has 0 spiro atoms. The van der Waals surface area contributed by atoms with Crippen LogP contribution in [0.5, 0.6) is 11.5 Å². The van der Waals surface area contributed by atoms with Gasteiger partial charge in [-0.1, -0.05) is 29.0 Å². The fourth-order valence-corrected chi connectivity index (χ4v) is 6.00. The summed E-state index contributed by atoms with van der Waals surface area (Å²) in [6, 6.07) is 7.11. The Balaban J connectivity index is 1.74. The van der Waals surface area contributed by atoms with Crippen LogP contribution in [0.4, 0.5) is 13.9 Å². The number of aromatic nitrogens is 1. The molecule has 1 aliphatic heterocycles. The predicted octanol–water partition coefficient (Wildman–Crippen LogP) is 5.93. The molecule has 1 aliphatic rings. The van der Waals surface area contributed by atoms with Crippen molar-refractivity contribution in [1.29, 1.82) is 0 Å². The third kappa shape index (κ3) is 3.80. The fraction of sp³-hybridized carbons (Fsp3) is 0.125. The maximum atomic E-state index is 13.8. The maximum absolute atomic E-state index is 13.8. The van der Waals surface area contributed by atoms with Gasteiger partial charge in [0.2, 0.25) is 0 Å². The van der Waals surface area contributed by atoms with Gasteiger partial charge in [0.15, 0.2) is 16.8 Å². The van der Waals surface area contributed by atoms with E-state index in [-0.39, 0.29) is 38.3 Å². The van der Waals surface area contributed by atoms with Crippen LogP contribution in [0.25, 0.3) is 16.0 Å². The van der Waals surface area contributed by atoms with Crippen LogP contribution in [-0.2, 0) is 9.59 Å². The van der Waals surface area contributed by atoms with Gasteiger partial charge >= 0.3 is 5.91 Å². The smallest absolute Gasteiger partial charge is 0.301 e. The molecule has 0 radical (unpaired) electrons. The normalized spacial score (nSPS) is 17.2. The van der Waals surface area contributed by atoms with Gasteiger partial charge in [-0.3, -0.25) is 14.5 Å². The van der Waals surface area contributed by atoms with Gasteiger partial charge in [0.1, 0.15) is 23.3 Å². The Hall–Kier alpha value is -3.54. The molecule has 1 unspecified atom stereocenters. The number of nitrogens with zero attached hydrogens (tertiary/aromatic N) is 2. The number of aliphatic hydroxyl groups excluding tert-OH is 1. The van der Waals surface area contributed by atoms with E-state index in [1.807, 2.05) is 0 Å². The molecular formula is C24H15ClF2N2O5S2. The number of halogens is 3. The Morgan fingerprint density at radius 1 is 1.11 bits per heavy atom. The van der Waals surface area contributed by atoms with Gasteiger partial charge in [0.25, 0.3) is 5.78 Å². The van der Waals surface area contributed by atoms with E-state index in [4.69, 9.17) is 21.1 Å². The number of anilines is 1. The third-order valence-corrected chi connectivity index (χ3v) is 7.85. The van der Waals surface area contributed by atoms with Gasteiger partial charge in [0, 0.05) is 17.0 Å². The number of carbonyl (C=O) groups is 2. The van der Waals surface area contributed by atoms with Gasteiger partial charge in [0.05, 0.1) is 40.6 Å². The van der Waals surface area contributed by atoms with Crippen LogP contribution < -0.4 is 14.4 Å². The number of ether oxygens (including phenoxy) is 2. The summed E-state index contributed by atoms with van der Waals surface area (Å²) >= 11 is 8.36. The zero-order valence-corrected chi connectivity index (χ0v) is 20.9. The minimum atomic E-state index is -1.08.